The average molecular weight is 218 g/mol. The Kier molecular flexibility index (Phi) is 2.53. The second kappa shape index (κ2) is 3.86. The fourth-order valence-electron chi connectivity index (χ4n) is 1.57. The SMILES string of the molecule is CCc1nc2cc(F)c(F)cc2cc1C#N. The molecule has 0 bridgehead atoms. The molecule has 2 aromatic rings. The monoisotopic (exact) mass is 218 g/mol. The molecule has 2 nitrogen and oxygen atoms in total. The number of aromatic nitrogens is 1. The highest BCUT2D eigenvalue weighted by Gasteiger charge is 2.09. The minimum atomic E-state index is -0.928. The Morgan fingerprint density at radius 2 is 1.94 bits per heavy atom. The molecule has 0 atom stereocenters. The zero-order valence-electron chi connectivity index (χ0n) is 8.59. The van der Waals surface area contributed by atoms with Crippen molar-refractivity contribution in [3.05, 3.63) is 41.1 Å². The minimum Gasteiger partial charge on any atom is -0.251 e. The summed E-state index contributed by atoms with van der Waals surface area (Å²) in [6.45, 7) is 1.86. The summed E-state index contributed by atoms with van der Waals surface area (Å²) in [5.41, 5.74) is 1.37. The van der Waals surface area contributed by atoms with Crippen LogP contribution in [0.2, 0.25) is 0 Å². The van der Waals surface area contributed by atoms with Crippen molar-refractivity contribution < 1.29 is 8.78 Å². The van der Waals surface area contributed by atoms with Crippen molar-refractivity contribution in [3.63, 3.8) is 0 Å². The quantitative estimate of drug-likeness (QED) is 0.737. The van der Waals surface area contributed by atoms with Gasteiger partial charge in [-0.2, -0.15) is 5.26 Å². The van der Waals surface area contributed by atoms with E-state index < -0.39 is 11.6 Å². The van der Waals surface area contributed by atoms with Crippen LogP contribution in [0, 0.1) is 23.0 Å². The second-order valence-electron chi connectivity index (χ2n) is 3.41. The number of nitrogens with zero attached hydrogens (tertiary/aromatic N) is 2. The Balaban J connectivity index is 2.80. The topological polar surface area (TPSA) is 36.7 Å². The standard InChI is InChI=1S/C12H8F2N2/c1-2-11-8(6-15)3-7-4-9(13)10(14)5-12(7)16-11/h3-5H,2H2,1H3. The molecule has 0 radical (unpaired) electrons. The number of nitriles is 1. The van der Waals surface area contributed by atoms with Crippen molar-refractivity contribution in [2.45, 2.75) is 13.3 Å². The zero-order chi connectivity index (χ0) is 11.7. The summed E-state index contributed by atoms with van der Waals surface area (Å²) >= 11 is 0. The number of fused-ring (bicyclic) bond motifs is 1. The van der Waals surface area contributed by atoms with Gasteiger partial charge in [0, 0.05) is 11.5 Å². The predicted octanol–water partition coefficient (Wildman–Crippen LogP) is 2.95. The molecule has 0 saturated carbocycles. The molecular weight excluding hydrogens is 210 g/mol. The predicted molar refractivity (Wildman–Crippen MR) is 55.8 cm³/mol. The number of halogens is 2. The Labute approximate surface area is 91.2 Å². The van der Waals surface area contributed by atoms with Gasteiger partial charge in [0.05, 0.1) is 16.8 Å². The van der Waals surface area contributed by atoms with E-state index in [4.69, 9.17) is 5.26 Å². The fraction of sp³-hybridized carbons (Fsp3) is 0.167. The molecule has 1 aromatic carbocycles. The Morgan fingerprint density at radius 1 is 1.25 bits per heavy atom. The molecule has 0 fully saturated rings. The van der Waals surface area contributed by atoms with Crippen molar-refractivity contribution in [2.24, 2.45) is 0 Å². The lowest BCUT2D eigenvalue weighted by Crippen LogP contribution is -1.95. The van der Waals surface area contributed by atoms with Crippen molar-refractivity contribution in [1.29, 1.82) is 5.26 Å². The van der Waals surface area contributed by atoms with Gasteiger partial charge in [-0.25, -0.2) is 8.78 Å². The number of aryl methyl sites for hydroxylation is 1. The molecule has 4 heteroatoms. The normalized spacial score (nSPS) is 10.4. The lowest BCUT2D eigenvalue weighted by atomic mass is 10.1. The summed E-state index contributed by atoms with van der Waals surface area (Å²) in [7, 11) is 0. The summed E-state index contributed by atoms with van der Waals surface area (Å²) in [5, 5.41) is 9.31. The van der Waals surface area contributed by atoms with Crippen LogP contribution < -0.4 is 0 Å². The molecule has 0 aliphatic heterocycles. The first-order chi connectivity index (χ1) is 7.65. The van der Waals surface area contributed by atoms with E-state index in [1.54, 1.807) is 0 Å². The van der Waals surface area contributed by atoms with Crippen molar-refractivity contribution in [2.75, 3.05) is 0 Å². The van der Waals surface area contributed by atoms with Gasteiger partial charge in [0.15, 0.2) is 11.6 Å². The van der Waals surface area contributed by atoms with Gasteiger partial charge in [-0.15, -0.1) is 0 Å². The molecule has 16 heavy (non-hydrogen) atoms. The lowest BCUT2D eigenvalue weighted by Gasteiger charge is -2.04. The van der Waals surface area contributed by atoms with E-state index in [0.717, 1.165) is 12.1 Å². The number of rotatable bonds is 1. The van der Waals surface area contributed by atoms with Gasteiger partial charge in [-0.05, 0) is 18.6 Å². The third-order valence-electron chi connectivity index (χ3n) is 2.39. The third kappa shape index (κ3) is 1.61. The van der Waals surface area contributed by atoms with E-state index in [1.165, 1.54) is 6.07 Å². The summed E-state index contributed by atoms with van der Waals surface area (Å²) in [6.07, 6.45) is 0.581. The van der Waals surface area contributed by atoms with E-state index in [-0.39, 0.29) is 0 Å². The highest BCUT2D eigenvalue weighted by molar-refractivity contribution is 5.80. The zero-order valence-corrected chi connectivity index (χ0v) is 8.59. The van der Waals surface area contributed by atoms with Crippen LogP contribution in [0.5, 0.6) is 0 Å². The van der Waals surface area contributed by atoms with Crippen molar-refractivity contribution in [3.8, 4) is 6.07 Å². The number of hydrogen-bond acceptors (Lipinski definition) is 2. The van der Waals surface area contributed by atoms with Gasteiger partial charge < -0.3 is 0 Å². The third-order valence-corrected chi connectivity index (χ3v) is 2.39. The molecule has 0 saturated heterocycles. The first kappa shape index (κ1) is 10.5. The lowest BCUT2D eigenvalue weighted by molar-refractivity contribution is 0.510. The van der Waals surface area contributed by atoms with Gasteiger partial charge in [0.25, 0.3) is 0 Å². The van der Waals surface area contributed by atoms with Crippen molar-refractivity contribution >= 4 is 10.9 Å². The number of hydrogen-bond donors (Lipinski definition) is 0. The van der Waals surface area contributed by atoms with Crippen LogP contribution in [-0.4, -0.2) is 4.98 Å². The fourth-order valence-corrected chi connectivity index (χ4v) is 1.57. The summed E-state index contributed by atoms with van der Waals surface area (Å²) in [5.74, 6) is -1.85. The smallest absolute Gasteiger partial charge is 0.161 e. The van der Waals surface area contributed by atoms with Crippen LogP contribution in [0.25, 0.3) is 10.9 Å². The number of pyridine rings is 1. The summed E-state index contributed by atoms with van der Waals surface area (Å²) in [6, 6.07) is 5.63. The van der Waals surface area contributed by atoms with Crippen LogP contribution in [0.15, 0.2) is 18.2 Å². The molecule has 80 valence electrons. The highest BCUT2D eigenvalue weighted by Crippen LogP contribution is 2.20. The first-order valence-corrected chi connectivity index (χ1v) is 4.84. The molecule has 1 aromatic heterocycles. The molecule has 1 heterocycles. The molecule has 0 aliphatic rings. The van der Waals surface area contributed by atoms with Crippen LogP contribution >= 0.6 is 0 Å². The molecular formula is C12H8F2N2. The van der Waals surface area contributed by atoms with E-state index in [0.29, 0.717) is 28.6 Å². The molecule has 0 aliphatic carbocycles. The van der Waals surface area contributed by atoms with Crippen LogP contribution in [0.4, 0.5) is 8.78 Å². The molecule has 2 rings (SSSR count). The van der Waals surface area contributed by atoms with Gasteiger partial charge >= 0.3 is 0 Å². The maximum Gasteiger partial charge on any atom is 0.161 e. The largest absolute Gasteiger partial charge is 0.251 e. The molecule has 0 unspecified atom stereocenters. The van der Waals surface area contributed by atoms with Gasteiger partial charge in [-0.1, -0.05) is 6.92 Å². The van der Waals surface area contributed by atoms with E-state index in [2.05, 4.69) is 4.98 Å². The highest BCUT2D eigenvalue weighted by atomic mass is 19.2. The number of benzene rings is 1. The summed E-state index contributed by atoms with van der Waals surface area (Å²) < 4.78 is 26.0. The first-order valence-electron chi connectivity index (χ1n) is 4.84. The maximum absolute atomic E-state index is 13.0. The van der Waals surface area contributed by atoms with Crippen LogP contribution in [0.1, 0.15) is 18.2 Å². The van der Waals surface area contributed by atoms with Gasteiger partial charge in [0.2, 0.25) is 0 Å². The van der Waals surface area contributed by atoms with E-state index in [9.17, 15) is 8.78 Å². The average Bonchev–Trinajstić information content (AvgIpc) is 2.29. The van der Waals surface area contributed by atoms with E-state index in [1.807, 2.05) is 13.0 Å². The van der Waals surface area contributed by atoms with Gasteiger partial charge in [0.1, 0.15) is 6.07 Å². The van der Waals surface area contributed by atoms with Crippen LogP contribution in [0.3, 0.4) is 0 Å². The minimum absolute atomic E-state index is 0.370. The Hall–Kier alpha value is -2.02. The van der Waals surface area contributed by atoms with Gasteiger partial charge in [-0.3, -0.25) is 4.98 Å². The molecule has 0 amide bonds. The Bertz CT molecular complexity index is 600. The molecule has 0 spiro atoms. The Morgan fingerprint density at radius 3 is 2.56 bits per heavy atom. The molecule has 0 N–H and O–H groups in total. The summed E-state index contributed by atoms with van der Waals surface area (Å²) in [4.78, 5) is 4.14. The van der Waals surface area contributed by atoms with Crippen LogP contribution in [-0.2, 0) is 6.42 Å². The van der Waals surface area contributed by atoms with Crippen molar-refractivity contribution in [1.82, 2.24) is 4.98 Å². The maximum atomic E-state index is 13.0. The van der Waals surface area contributed by atoms with E-state index >= 15 is 0 Å². The second-order valence-corrected chi connectivity index (χ2v) is 3.41.